The lowest BCUT2D eigenvalue weighted by Gasteiger charge is -2.09. The van der Waals surface area contributed by atoms with Gasteiger partial charge in [0.15, 0.2) is 0 Å². The fraction of sp³-hybridized carbons (Fsp3) is 0.833. The second-order valence-corrected chi connectivity index (χ2v) is 2.79. The summed E-state index contributed by atoms with van der Waals surface area (Å²) in [4.78, 5) is 10.7. The normalized spacial score (nSPS) is 18.9. The average molecular weight is 160 g/mol. The van der Waals surface area contributed by atoms with Crippen molar-refractivity contribution in [2.75, 3.05) is 0 Å². The quantitative estimate of drug-likeness (QED) is 0.493. The van der Waals surface area contributed by atoms with E-state index in [0.29, 0.717) is 6.04 Å². The summed E-state index contributed by atoms with van der Waals surface area (Å²) in [5.74, 6) is 0. The Hall–Kier alpha value is -0.380. The topological polar surface area (TPSA) is 41.1 Å². The van der Waals surface area contributed by atoms with Crippen LogP contribution in [0.25, 0.3) is 0 Å². The number of thiol groups is 1. The van der Waals surface area contributed by atoms with Gasteiger partial charge in [-0.15, -0.1) is 0 Å². The minimum absolute atomic E-state index is 0.185. The van der Waals surface area contributed by atoms with Crippen LogP contribution in [0.4, 0.5) is 4.79 Å². The molecular weight excluding hydrogens is 148 g/mol. The highest BCUT2D eigenvalue weighted by Gasteiger charge is 2.15. The third-order valence-electron chi connectivity index (χ3n) is 1.79. The molecule has 1 aliphatic rings. The van der Waals surface area contributed by atoms with Crippen LogP contribution in [-0.2, 0) is 0 Å². The highest BCUT2D eigenvalue weighted by Crippen LogP contribution is 2.17. The predicted octanol–water partition coefficient (Wildman–Crippen LogP) is 1.07. The van der Waals surface area contributed by atoms with E-state index < -0.39 is 0 Å². The van der Waals surface area contributed by atoms with E-state index in [1.54, 1.807) is 0 Å². The molecule has 0 bridgehead atoms. The Bertz CT molecular complexity index is 123. The number of nitrogens with one attached hydrogen (secondary N) is 2. The molecule has 10 heavy (non-hydrogen) atoms. The molecule has 0 aliphatic heterocycles. The molecule has 58 valence electrons. The van der Waals surface area contributed by atoms with Gasteiger partial charge in [0.25, 0.3) is 0 Å². The summed E-state index contributed by atoms with van der Waals surface area (Å²) in [7, 11) is 0. The highest BCUT2D eigenvalue weighted by molar-refractivity contribution is 7.78. The Morgan fingerprint density at radius 2 is 2.00 bits per heavy atom. The van der Waals surface area contributed by atoms with E-state index in [1.807, 2.05) is 0 Å². The molecular formula is C6H12N2OS. The number of hydrogen-bond donors (Lipinski definition) is 3. The van der Waals surface area contributed by atoms with Gasteiger partial charge in [0.05, 0.1) is 0 Å². The van der Waals surface area contributed by atoms with Crippen molar-refractivity contribution in [2.24, 2.45) is 0 Å². The molecule has 2 N–H and O–H groups in total. The van der Waals surface area contributed by atoms with E-state index in [4.69, 9.17) is 0 Å². The zero-order valence-corrected chi connectivity index (χ0v) is 6.66. The van der Waals surface area contributed by atoms with Crippen molar-refractivity contribution in [3.05, 3.63) is 0 Å². The van der Waals surface area contributed by atoms with Crippen LogP contribution >= 0.6 is 12.8 Å². The van der Waals surface area contributed by atoms with E-state index in [2.05, 4.69) is 22.9 Å². The second-order valence-electron chi connectivity index (χ2n) is 2.57. The Kier molecular flexibility index (Phi) is 2.86. The number of hydrogen-bond acceptors (Lipinski definition) is 2. The van der Waals surface area contributed by atoms with Crippen molar-refractivity contribution in [1.29, 1.82) is 0 Å². The molecule has 1 aliphatic carbocycles. The molecule has 1 saturated carbocycles. The summed E-state index contributed by atoms with van der Waals surface area (Å²) < 4.78 is 2.24. The molecule has 0 spiro atoms. The molecule has 0 radical (unpaired) electrons. The van der Waals surface area contributed by atoms with Crippen molar-refractivity contribution in [1.82, 2.24) is 10.0 Å². The largest absolute Gasteiger partial charge is 0.335 e. The molecule has 1 rings (SSSR count). The first-order chi connectivity index (χ1) is 4.83. The van der Waals surface area contributed by atoms with Crippen molar-refractivity contribution in [3.63, 3.8) is 0 Å². The second kappa shape index (κ2) is 3.71. The van der Waals surface area contributed by atoms with Gasteiger partial charge in [-0.2, -0.15) is 0 Å². The molecule has 4 heteroatoms. The Morgan fingerprint density at radius 1 is 1.40 bits per heavy atom. The number of urea groups is 1. The number of amides is 2. The van der Waals surface area contributed by atoms with Crippen LogP contribution < -0.4 is 10.0 Å². The summed E-state index contributed by atoms with van der Waals surface area (Å²) >= 11 is 3.63. The molecule has 0 heterocycles. The van der Waals surface area contributed by atoms with Crippen LogP contribution in [0.2, 0.25) is 0 Å². The maximum absolute atomic E-state index is 10.7. The van der Waals surface area contributed by atoms with Crippen LogP contribution in [0, 0.1) is 0 Å². The summed E-state index contributed by atoms with van der Waals surface area (Å²) in [6.45, 7) is 0. The van der Waals surface area contributed by atoms with Crippen molar-refractivity contribution in [3.8, 4) is 0 Å². The molecule has 0 saturated heterocycles. The van der Waals surface area contributed by atoms with Gasteiger partial charge in [0, 0.05) is 6.04 Å². The molecule has 1 fully saturated rings. The maximum Gasteiger partial charge on any atom is 0.324 e. The number of rotatable bonds is 1. The van der Waals surface area contributed by atoms with Gasteiger partial charge >= 0.3 is 6.03 Å². The smallest absolute Gasteiger partial charge is 0.324 e. The van der Waals surface area contributed by atoms with Gasteiger partial charge in [-0.3, -0.25) is 4.72 Å². The van der Waals surface area contributed by atoms with Crippen molar-refractivity contribution < 1.29 is 4.79 Å². The van der Waals surface area contributed by atoms with E-state index >= 15 is 0 Å². The van der Waals surface area contributed by atoms with Gasteiger partial charge in [-0.1, -0.05) is 25.7 Å². The minimum Gasteiger partial charge on any atom is -0.335 e. The molecule has 0 atom stereocenters. The van der Waals surface area contributed by atoms with Crippen LogP contribution in [0.5, 0.6) is 0 Å². The van der Waals surface area contributed by atoms with E-state index in [9.17, 15) is 4.79 Å². The molecule has 0 aromatic carbocycles. The van der Waals surface area contributed by atoms with Crippen molar-refractivity contribution in [2.45, 2.75) is 31.7 Å². The van der Waals surface area contributed by atoms with Gasteiger partial charge in [-0.05, 0) is 12.8 Å². The minimum atomic E-state index is -0.185. The maximum atomic E-state index is 10.7. The Labute approximate surface area is 66.1 Å². The fourth-order valence-corrected chi connectivity index (χ4v) is 1.35. The Morgan fingerprint density at radius 3 is 2.50 bits per heavy atom. The lowest BCUT2D eigenvalue weighted by atomic mass is 10.3. The molecule has 3 nitrogen and oxygen atoms in total. The first-order valence-electron chi connectivity index (χ1n) is 3.53. The zero-order valence-electron chi connectivity index (χ0n) is 5.76. The van der Waals surface area contributed by atoms with E-state index in [0.717, 1.165) is 12.8 Å². The van der Waals surface area contributed by atoms with Gasteiger partial charge < -0.3 is 5.32 Å². The summed E-state index contributed by atoms with van der Waals surface area (Å²) in [5, 5.41) is 2.80. The first kappa shape index (κ1) is 7.72. The van der Waals surface area contributed by atoms with Crippen LogP contribution in [0.15, 0.2) is 0 Å². The van der Waals surface area contributed by atoms with Gasteiger partial charge in [-0.25, -0.2) is 4.79 Å². The standard InChI is InChI=1S/C6H12N2OS/c9-6(8-10)7-5-3-1-2-4-5/h5,10H,1-4H2,(H2,7,8,9). The number of carbonyl (C=O) groups is 1. The Balaban J connectivity index is 2.17. The van der Waals surface area contributed by atoms with E-state index in [1.165, 1.54) is 12.8 Å². The molecule has 0 aromatic rings. The monoisotopic (exact) mass is 160 g/mol. The number of carbonyl (C=O) groups excluding carboxylic acids is 1. The van der Waals surface area contributed by atoms with Gasteiger partial charge in [0.2, 0.25) is 0 Å². The third-order valence-corrected chi connectivity index (χ3v) is 2.00. The summed E-state index contributed by atoms with van der Waals surface area (Å²) in [5.41, 5.74) is 0. The fourth-order valence-electron chi connectivity index (χ4n) is 1.29. The van der Waals surface area contributed by atoms with Crippen LogP contribution in [0.3, 0.4) is 0 Å². The predicted molar refractivity (Wildman–Crippen MR) is 42.9 cm³/mol. The van der Waals surface area contributed by atoms with Crippen LogP contribution in [-0.4, -0.2) is 12.1 Å². The average Bonchev–Trinajstić information content (AvgIpc) is 2.40. The first-order valence-corrected chi connectivity index (χ1v) is 3.98. The summed E-state index contributed by atoms with van der Waals surface area (Å²) in [6.07, 6.45) is 4.69. The zero-order chi connectivity index (χ0) is 7.40. The van der Waals surface area contributed by atoms with E-state index in [-0.39, 0.29) is 6.03 Å². The molecule has 2 amide bonds. The summed E-state index contributed by atoms with van der Waals surface area (Å²) in [6, 6.07) is 0.197. The van der Waals surface area contributed by atoms with Crippen molar-refractivity contribution >= 4 is 18.8 Å². The SMILES string of the molecule is O=C(NS)NC1CCCC1. The molecule has 0 unspecified atom stereocenters. The van der Waals surface area contributed by atoms with Crippen LogP contribution in [0.1, 0.15) is 25.7 Å². The van der Waals surface area contributed by atoms with Gasteiger partial charge in [0.1, 0.15) is 0 Å². The lowest BCUT2D eigenvalue weighted by molar-refractivity contribution is 0.243. The molecule has 0 aromatic heterocycles. The third kappa shape index (κ3) is 2.10. The highest BCUT2D eigenvalue weighted by atomic mass is 32.1. The lowest BCUT2D eigenvalue weighted by Crippen LogP contribution is -2.36.